The van der Waals surface area contributed by atoms with E-state index in [0.29, 0.717) is 19.5 Å². The summed E-state index contributed by atoms with van der Waals surface area (Å²) in [5.74, 6) is 0.0392. The first-order valence-corrected chi connectivity index (χ1v) is 5.77. The van der Waals surface area contributed by atoms with Crippen molar-refractivity contribution in [2.45, 2.75) is 12.5 Å². The van der Waals surface area contributed by atoms with Gasteiger partial charge in [0, 0.05) is 26.6 Å². The summed E-state index contributed by atoms with van der Waals surface area (Å²) in [5, 5.41) is 5.80. The van der Waals surface area contributed by atoms with Gasteiger partial charge in [-0.3, -0.25) is 4.79 Å². The molecular formula is C13H21ClN2O2. The van der Waals surface area contributed by atoms with E-state index < -0.39 is 0 Å². The summed E-state index contributed by atoms with van der Waals surface area (Å²) in [5.41, 5.74) is 1.07. The Bertz CT molecular complexity index is 333. The minimum absolute atomic E-state index is 0. The zero-order valence-electron chi connectivity index (χ0n) is 10.8. The Labute approximate surface area is 115 Å². The number of ether oxygens (including phenoxy) is 1. The van der Waals surface area contributed by atoms with Crippen LogP contribution in [0.3, 0.4) is 0 Å². The van der Waals surface area contributed by atoms with Crippen molar-refractivity contribution in [2.75, 3.05) is 27.2 Å². The Morgan fingerprint density at radius 3 is 2.56 bits per heavy atom. The maximum absolute atomic E-state index is 11.4. The predicted molar refractivity (Wildman–Crippen MR) is 75.0 cm³/mol. The molecule has 2 N–H and O–H groups in total. The predicted octanol–water partition coefficient (Wildman–Crippen LogP) is 1.52. The quantitative estimate of drug-likeness (QED) is 0.791. The van der Waals surface area contributed by atoms with E-state index in [2.05, 4.69) is 10.6 Å². The molecule has 5 heteroatoms. The second-order valence-electron chi connectivity index (χ2n) is 3.79. The second-order valence-corrected chi connectivity index (χ2v) is 3.79. The van der Waals surface area contributed by atoms with Crippen LogP contribution in [0.5, 0.6) is 0 Å². The van der Waals surface area contributed by atoms with Crippen LogP contribution >= 0.6 is 12.4 Å². The SMILES string of the molecule is CNCCC(=O)NCC(OC)c1ccccc1.Cl. The van der Waals surface area contributed by atoms with Crippen molar-refractivity contribution in [1.29, 1.82) is 0 Å². The number of hydrogen-bond donors (Lipinski definition) is 2. The minimum atomic E-state index is -0.0882. The van der Waals surface area contributed by atoms with Crippen molar-refractivity contribution in [2.24, 2.45) is 0 Å². The van der Waals surface area contributed by atoms with E-state index in [9.17, 15) is 4.79 Å². The van der Waals surface area contributed by atoms with Crippen LogP contribution < -0.4 is 10.6 Å². The van der Waals surface area contributed by atoms with Gasteiger partial charge in [-0.2, -0.15) is 0 Å². The summed E-state index contributed by atoms with van der Waals surface area (Å²) < 4.78 is 5.36. The summed E-state index contributed by atoms with van der Waals surface area (Å²) in [7, 11) is 3.48. The smallest absolute Gasteiger partial charge is 0.221 e. The molecule has 1 amide bonds. The Balaban J connectivity index is 0.00000289. The lowest BCUT2D eigenvalue weighted by molar-refractivity contribution is -0.121. The lowest BCUT2D eigenvalue weighted by Crippen LogP contribution is -2.30. The molecule has 1 aromatic rings. The monoisotopic (exact) mass is 272 g/mol. The number of carbonyl (C=O) groups is 1. The van der Waals surface area contributed by atoms with Crippen molar-refractivity contribution in [3.05, 3.63) is 35.9 Å². The van der Waals surface area contributed by atoms with E-state index in [1.807, 2.05) is 37.4 Å². The number of hydrogen-bond acceptors (Lipinski definition) is 3. The van der Waals surface area contributed by atoms with Crippen LogP contribution in [0.25, 0.3) is 0 Å². The topological polar surface area (TPSA) is 50.4 Å². The molecule has 0 aliphatic carbocycles. The normalized spacial score (nSPS) is 11.4. The largest absolute Gasteiger partial charge is 0.375 e. The zero-order chi connectivity index (χ0) is 12.5. The number of methoxy groups -OCH3 is 1. The zero-order valence-corrected chi connectivity index (χ0v) is 11.6. The maximum Gasteiger partial charge on any atom is 0.221 e. The third kappa shape index (κ3) is 6.00. The van der Waals surface area contributed by atoms with Gasteiger partial charge in [0.05, 0.1) is 6.10 Å². The molecule has 0 aromatic heterocycles. The van der Waals surface area contributed by atoms with E-state index in [1.54, 1.807) is 7.11 Å². The van der Waals surface area contributed by atoms with Crippen molar-refractivity contribution in [3.63, 3.8) is 0 Å². The van der Waals surface area contributed by atoms with Crippen molar-refractivity contribution < 1.29 is 9.53 Å². The number of benzene rings is 1. The average molecular weight is 273 g/mol. The molecule has 0 heterocycles. The van der Waals surface area contributed by atoms with Gasteiger partial charge in [0.2, 0.25) is 5.91 Å². The molecule has 102 valence electrons. The molecule has 0 aliphatic rings. The fourth-order valence-electron chi connectivity index (χ4n) is 1.54. The molecule has 0 fully saturated rings. The molecule has 1 rings (SSSR count). The third-order valence-corrected chi connectivity index (χ3v) is 2.54. The number of rotatable bonds is 7. The molecule has 0 spiro atoms. The summed E-state index contributed by atoms with van der Waals surface area (Å²) in [6, 6.07) is 9.87. The van der Waals surface area contributed by atoms with E-state index in [1.165, 1.54) is 0 Å². The van der Waals surface area contributed by atoms with Crippen LogP contribution in [0, 0.1) is 0 Å². The maximum atomic E-state index is 11.4. The van der Waals surface area contributed by atoms with Gasteiger partial charge in [-0.05, 0) is 12.6 Å². The fraction of sp³-hybridized carbons (Fsp3) is 0.462. The van der Waals surface area contributed by atoms with Gasteiger partial charge in [0.1, 0.15) is 0 Å². The van der Waals surface area contributed by atoms with Crippen LogP contribution in [0.1, 0.15) is 18.1 Å². The summed E-state index contributed by atoms with van der Waals surface area (Å²) >= 11 is 0. The summed E-state index contributed by atoms with van der Waals surface area (Å²) in [4.78, 5) is 11.4. The van der Waals surface area contributed by atoms with Crippen LogP contribution in [0.2, 0.25) is 0 Å². The standard InChI is InChI=1S/C13H20N2O2.ClH/c1-14-9-8-13(16)15-10-12(17-2)11-6-4-3-5-7-11;/h3-7,12,14H,8-10H2,1-2H3,(H,15,16);1H. The highest BCUT2D eigenvalue weighted by atomic mass is 35.5. The first-order chi connectivity index (χ1) is 8.27. The molecular weight excluding hydrogens is 252 g/mol. The molecule has 18 heavy (non-hydrogen) atoms. The average Bonchev–Trinajstić information content (AvgIpc) is 2.38. The van der Waals surface area contributed by atoms with Crippen molar-refractivity contribution in [3.8, 4) is 0 Å². The van der Waals surface area contributed by atoms with Gasteiger partial charge < -0.3 is 15.4 Å². The molecule has 0 saturated heterocycles. The molecule has 0 bridgehead atoms. The van der Waals surface area contributed by atoms with E-state index >= 15 is 0 Å². The lowest BCUT2D eigenvalue weighted by atomic mass is 10.1. The fourth-order valence-corrected chi connectivity index (χ4v) is 1.54. The van der Waals surface area contributed by atoms with Crippen molar-refractivity contribution in [1.82, 2.24) is 10.6 Å². The number of amides is 1. The van der Waals surface area contributed by atoms with E-state index in [4.69, 9.17) is 4.74 Å². The Morgan fingerprint density at radius 2 is 2.00 bits per heavy atom. The van der Waals surface area contributed by atoms with Gasteiger partial charge in [-0.15, -0.1) is 12.4 Å². The number of nitrogens with one attached hydrogen (secondary N) is 2. The van der Waals surface area contributed by atoms with Gasteiger partial charge >= 0.3 is 0 Å². The van der Waals surface area contributed by atoms with Crippen LogP contribution in [-0.4, -0.2) is 33.2 Å². The first-order valence-electron chi connectivity index (χ1n) is 5.77. The van der Waals surface area contributed by atoms with Crippen LogP contribution in [0.4, 0.5) is 0 Å². The highest BCUT2D eigenvalue weighted by molar-refractivity contribution is 5.85. The number of halogens is 1. The Hall–Kier alpha value is -1.10. The lowest BCUT2D eigenvalue weighted by Gasteiger charge is -2.16. The summed E-state index contributed by atoms with van der Waals surface area (Å²) in [6.07, 6.45) is 0.400. The molecule has 1 atom stereocenters. The van der Waals surface area contributed by atoms with E-state index in [0.717, 1.165) is 5.56 Å². The second kappa shape index (κ2) is 9.88. The van der Waals surface area contributed by atoms with Gasteiger partial charge in [-0.1, -0.05) is 30.3 Å². The van der Waals surface area contributed by atoms with Crippen LogP contribution in [0.15, 0.2) is 30.3 Å². The highest BCUT2D eigenvalue weighted by Crippen LogP contribution is 2.14. The highest BCUT2D eigenvalue weighted by Gasteiger charge is 2.11. The van der Waals surface area contributed by atoms with Gasteiger partial charge in [-0.25, -0.2) is 0 Å². The number of carbonyl (C=O) groups excluding carboxylic acids is 1. The Morgan fingerprint density at radius 1 is 1.33 bits per heavy atom. The van der Waals surface area contributed by atoms with Crippen molar-refractivity contribution >= 4 is 18.3 Å². The minimum Gasteiger partial charge on any atom is -0.375 e. The summed E-state index contributed by atoms with van der Waals surface area (Å²) in [6.45, 7) is 1.19. The third-order valence-electron chi connectivity index (χ3n) is 2.54. The first kappa shape index (κ1) is 16.9. The molecule has 1 unspecified atom stereocenters. The molecule has 0 aliphatic heterocycles. The Kier molecular flexibility index (Phi) is 9.28. The van der Waals surface area contributed by atoms with Gasteiger partial charge in [0.15, 0.2) is 0 Å². The van der Waals surface area contributed by atoms with Gasteiger partial charge in [0.25, 0.3) is 0 Å². The molecule has 0 saturated carbocycles. The molecule has 0 radical (unpaired) electrons. The molecule has 4 nitrogen and oxygen atoms in total. The van der Waals surface area contributed by atoms with E-state index in [-0.39, 0.29) is 24.4 Å². The van der Waals surface area contributed by atoms with Crippen LogP contribution in [-0.2, 0) is 9.53 Å². The molecule has 1 aromatic carbocycles.